The zero-order valence-electron chi connectivity index (χ0n) is 19.4. The van der Waals surface area contributed by atoms with E-state index in [4.69, 9.17) is 10.00 Å². The van der Waals surface area contributed by atoms with Crippen LogP contribution in [0.2, 0.25) is 0 Å². The molecule has 0 spiro atoms. The maximum atomic E-state index is 13.0. The molecule has 8 nitrogen and oxygen atoms in total. The third kappa shape index (κ3) is 4.33. The van der Waals surface area contributed by atoms with Gasteiger partial charge >= 0.3 is 0 Å². The quantitative estimate of drug-likeness (QED) is 0.391. The average Bonchev–Trinajstić information content (AvgIpc) is 3.58. The minimum absolute atomic E-state index is 0.0204. The Bertz CT molecular complexity index is 1660. The first-order valence-corrected chi connectivity index (χ1v) is 13.0. The third-order valence-corrected chi connectivity index (χ3v) is 8.03. The topological polar surface area (TPSA) is 107 Å². The SMILES string of the molecule is CCS(=O)(=O)c1ccc(OCC2CC2)c(-c2cn(C)c(=O)c3ccc(-n4cc(C#N)cn4)cc23)c1. The molecule has 2 aromatic heterocycles. The minimum atomic E-state index is -3.46. The van der Waals surface area contributed by atoms with Gasteiger partial charge in [0.1, 0.15) is 11.8 Å². The van der Waals surface area contributed by atoms with E-state index in [1.807, 2.05) is 6.07 Å². The molecule has 1 aliphatic rings. The van der Waals surface area contributed by atoms with E-state index in [0.29, 0.717) is 51.4 Å². The highest BCUT2D eigenvalue weighted by Gasteiger charge is 2.24. The summed E-state index contributed by atoms with van der Waals surface area (Å²) in [7, 11) is -1.79. The lowest BCUT2D eigenvalue weighted by Crippen LogP contribution is -2.17. The predicted molar refractivity (Wildman–Crippen MR) is 132 cm³/mol. The van der Waals surface area contributed by atoms with E-state index in [0.717, 1.165) is 12.8 Å². The van der Waals surface area contributed by atoms with Crippen LogP contribution in [-0.4, -0.2) is 35.1 Å². The molecule has 178 valence electrons. The molecular formula is C26H24N4O4S. The van der Waals surface area contributed by atoms with Crippen molar-refractivity contribution in [3.8, 4) is 28.6 Å². The first-order chi connectivity index (χ1) is 16.8. The van der Waals surface area contributed by atoms with Gasteiger partial charge in [-0.1, -0.05) is 6.92 Å². The van der Waals surface area contributed by atoms with Crippen molar-refractivity contribution in [3.63, 3.8) is 0 Å². The van der Waals surface area contributed by atoms with Crippen LogP contribution in [-0.2, 0) is 16.9 Å². The molecule has 0 N–H and O–H groups in total. The Kier molecular flexibility index (Phi) is 5.69. The second kappa shape index (κ2) is 8.71. The third-order valence-electron chi connectivity index (χ3n) is 6.29. The number of fused-ring (bicyclic) bond motifs is 1. The fourth-order valence-corrected chi connectivity index (χ4v) is 4.94. The van der Waals surface area contributed by atoms with E-state index < -0.39 is 9.84 Å². The van der Waals surface area contributed by atoms with Crippen molar-refractivity contribution in [2.45, 2.75) is 24.7 Å². The van der Waals surface area contributed by atoms with Crippen LogP contribution >= 0.6 is 0 Å². The lowest BCUT2D eigenvalue weighted by atomic mass is 9.99. The fraction of sp³-hybridized carbons (Fsp3) is 0.269. The highest BCUT2D eigenvalue weighted by atomic mass is 32.2. The molecule has 0 saturated heterocycles. The number of rotatable bonds is 7. The summed E-state index contributed by atoms with van der Waals surface area (Å²) in [5, 5.41) is 14.5. The first kappa shape index (κ1) is 22.9. The molecule has 0 amide bonds. The van der Waals surface area contributed by atoms with Gasteiger partial charge in [-0.05, 0) is 60.5 Å². The van der Waals surface area contributed by atoms with Gasteiger partial charge in [-0.2, -0.15) is 10.4 Å². The molecule has 0 aliphatic heterocycles. The Balaban J connectivity index is 1.76. The Morgan fingerprint density at radius 1 is 1.11 bits per heavy atom. The van der Waals surface area contributed by atoms with Crippen molar-refractivity contribution in [1.29, 1.82) is 5.26 Å². The molecule has 0 bridgehead atoms. The summed E-state index contributed by atoms with van der Waals surface area (Å²) in [4.78, 5) is 13.2. The van der Waals surface area contributed by atoms with Crippen molar-refractivity contribution in [2.75, 3.05) is 12.4 Å². The van der Waals surface area contributed by atoms with E-state index in [2.05, 4.69) is 11.2 Å². The van der Waals surface area contributed by atoms with Gasteiger partial charge in [-0.15, -0.1) is 0 Å². The Labute approximate surface area is 202 Å². The second-order valence-corrected chi connectivity index (χ2v) is 11.1. The molecule has 0 radical (unpaired) electrons. The fourth-order valence-electron chi connectivity index (χ4n) is 4.03. The van der Waals surface area contributed by atoms with Crippen LogP contribution in [0.25, 0.3) is 27.6 Å². The molecule has 35 heavy (non-hydrogen) atoms. The number of hydrogen-bond acceptors (Lipinski definition) is 6. The molecule has 0 atom stereocenters. The minimum Gasteiger partial charge on any atom is -0.493 e. The Morgan fingerprint density at radius 2 is 1.91 bits per heavy atom. The molecule has 4 aromatic rings. The van der Waals surface area contributed by atoms with Gasteiger partial charge < -0.3 is 9.30 Å². The number of benzene rings is 2. The van der Waals surface area contributed by atoms with Crippen molar-refractivity contribution >= 4 is 20.6 Å². The van der Waals surface area contributed by atoms with Crippen molar-refractivity contribution < 1.29 is 13.2 Å². The molecule has 1 saturated carbocycles. The number of aromatic nitrogens is 3. The molecule has 0 unspecified atom stereocenters. The summed E-state index contributed by atoms with van der Waals surface area (Å²) in [6.07, 6.45) is 7.04. The summed E-state index contributed by atoms with van der Waals surface area (Å²) in [5.41, 5.74) is 2.20. The smallest absolute Gasteiger partial charge is 0.258 e. The van der Waals surface area contributed by atoms with Crippen molar-refractivity contribution in [1.82, 2.24) is 14.3 Å². The highest BCUT2D eigenvalue weighted by Crippen LogP contribution is 2.38. The molecule has 2 heterocycles. The van der Waals surface area contributed by atoms with E-state index in [-0.39, 0.29) is 16.2 Å². The van der Waals surface area contributed by atoms with E-state index in [9.17, 15) is 13.2 Å². The van der Waals surface area contributed by atoms with Crippen LogP contribution in [0.5, 0.6) is 5.75 Å². The highest BCUT2D eigenvalue weighted by molar-refractivity contribution is 7.91. The molecule has 9 heteroatoms. The summed E-state index contributed by atoms with van der Waals surface area (Å²) >= 11 is 0. The van der Waals surface area contributed by atoms with Gasteiger partial charge in [0.05, 0.1) is 34.7 Å². The standard InChI is InChI=1S/C26H24N4O4S/c1-3-35(32,33)20-7-9-25(34-16-17-4-5-17)23(11-20)24-15-29(2)26(31)21-8-6-19(10-22(21)24)30-14-18(12-27)13-28-30/h6-11,13-15,17H,3-5,16H2,1-2H3. The van der Waals surface area contributed by atoms with Crippen LogP contribution in [0.4, 0.5) is 0 Å². The summed E-state index contributed by atoms with van der Waals surface area (Å²) < 4.78 is 34.6. The number of sulfone groups is 1. The van der Waals surface area contributed by atoms with Crippen LogP contribution in [0.1, 0.15) is 25.3 Å². The Hall–Kier alpha value is -3.90. The Morgan fingerprint density at radius 3 is 2.60 bits per heavy atom. The van der Waals surface area contributed by atoms with E-state index >= 15 is 0 Å². The van der Waals surface area contributed by atoms with E-state index in [1.54, 1.807) is 61.4 Å². The lowest BCUT2D eigenvalue weighted by molar-refractivity contribution is 0.301. The van der Waals surface area contributed by atoms with Gasteiger partial charge in [-0.25, -0.2) is 13.1 Å². The van der Waals surface area contributed by atoms with Crippen LogP contribution < -0.4 is 10.3 Å². The van der Waals surface area contributed by atoms with Crippen LogP contribution in [0.15, 0.2) is 64.7 Å². The average molecular weight is 489 g/mol. The molecule has 5 rings (SSSR count). The number of nitrogens with zero attached hydrogens (tertiary/aromatic N) is 4. The number of nitriles is 1. The summed E-state index contributed by atoms with van der Waals surface area (Å²) in [6.45, 7) is 2.17. The summed E-state index contributed by atoms with van der Waals surface area (Å²) in [6, 6.07) is 12.3. The van der Waals surface area contributed by atoms with E-state index in [1.165, 1.54) is 10.8 Å². The zero-order valence-corrected chi connectivity index (χ0v) is 20.2. The lowest BCUT2D eigenvalue weighted by Gasteiger charge is -2.16. The van der Waals surface area contributed by atoms with Crippen molar-refractivity contribution in [2.24, 2.45) is 13.0 Å². The van der Waals surface area contributed by atoms with Gasteiger partial charge in [0, 0.05) is 36.0 Å². The van der Waals surface area contributed by atoms with Crippen LogP contribution in [0, 0.1) is 17.2 Å². The van der Waals surface area contributed by atoms with Crippen LogP contribution in [0.3, 0.4) is 0 Å². The monoisotopic (exact) mass is 488 g/mol. The zero-order chi connectivity index (χ0) is 24.7. The number of aryl methyl sites for hydroxylation is 1. The maximum Gasteiger partial charge on any atom is 0.258 e. The normalized spacial score (nSPS) is 13.6. The van der Waals surface area contributed by atoms with Gasteiger partial charge in [0.15, 0.2) is 9.84 Å². The molecule has 2 aromatic carbocycles. The number of ether oxygens (including phenoxy) is 1. The number of pyridine rings is 1. The molecular weight excluding hydrogens is 464 g/mol. The predicted octanol–water partition coefficient (Wildman–Crippen LogP) is 3.85. The van der Waals surface area contributed by atoms with Gasteiger partial charge in [0.2, 0.25) is 0 Å². The first-order valence-electron chi connectivity index (χ1n) is 11.4. The molecule has 1 fully saturated rings. The van der Waals surface area contributed by atoms with Gasteiger partial charge in [0.25, 0.3) is 5.56 Å². The molecule has 1 aliphatic carbocycles. The second-order valence-electron chi connectivity index (χ2n) is 8.79. The largest absolute Gasteiger partial charge is 0.493 e. The number of hydrogen-bond donors (Lipinski definition) is 0. The maximum absolute atomic E-state index is 13.0. The summed E-state index contributed by atoms with van der Waals surface area (Å²) in [5.74, 6) is 1.07. The van der Waals surface area contributed by atoms with Gasteiger partial charge in [-0.3, -0.25) is 4.79 Å². The van der Waals surface area contributed by atoms with Crippen molar-refractivity contribution in [3.05, 3.63) is 70.9 Å².